The van der Waals surface area contributed by atoms with E-state index in [4.69, 9.17) is 5.11 Å². The van der Waals surface area contributed by atoms with Crippen molar-refractivity contribution in [2.45, 2.75) is 13.3 Å². The molecule has 0 aliphatic carbocycles. The van der Waals surface area contributed by atoms with Gasteiger partial charge in [0.25, 0.3) is 5.87 Å². The van der Waals surface area contributed by atoms with Crippen LogP contribution in [0.1, 0.15) is 12.5 Å². The SMILES string of the molecule is CCc1c2ccccc2n2cc(BC(=O)O)ncc12. The molecule has 0 spiro atoms. The minimum Gasteiger partial charge on any atom is -0.489 e. The summed E-state index contributed by atoms with van der Waals surface area (Å²) in [6.07, 6.45) is 4.53. The molecule has 0 saturated heterocycles. The van der Waals surface area contributed by atoms with Crippen molar-refractivity contribution in [3.05, 3.63) is 42.2 Å². The van der Waals surface area contributed by atoms with Gasteiger partial charge in [-0.1, -0.05) is 25.1 Å². The highest BCUT2D eigenvalue weighted by Crippen LogP contribution is 2.25. The van der Waals surface area contributed by atoms with E-state index in [1.54, 1.807) is 6.20 Å². The van der Waals surface area contributed by atoms with E-state index in [2.05, 4.69) is 18.0 Å². The fourth-order valence-corrected chi connectivity index (χ4v) is 2.58. The maximum atomic E-state index is 10.8. The predicted octanol–water partition coefficient (Wildman–Crippen LogP) is 1.79. The number of aromatic nitrogens is 2. The van der Waals surface area contributed by atoms with E-state index in [9.17, 15) is 4.79 Å². The molecule has 0 aliphatic heterocycles. The number of hydrogen-bond acceptors (Lipinski definition) is 2. The maximum absolute atomic E-state index is 10.8. The Morgan fingerprint density at radius 1 is 1.37 bits per heavy atom. The third-order valence-electron chi connectivity index (χ3n) is 3.37. The Kier molecular flexibility index (Phi) is 2.74. The molecule has 2 heterocycles. The summed E-state index contributed by atoms with van der Waals surface area (Å²) in [6, 6.07) is 8.15. The number of benzene rings is 1. The minimum absolute atomic E-state index is 0.0517. The van der Waals surface area contributed by atoms with Gasteiger partial charge in [-0.25, -0.2) is 0 Å². The topological polar surface area (TPSA) is 54.6 Å². The number of para-hydroxylation sites is 1. The summed E-state index contributed by atoms with van der Waals surface area (Å²) in [4.78, 5) is 15.0. The summed E-state index contributed by atoms with van der Waals surface area (Å²) in [7, 11) is -0.0517. The minimum atomic E-state index is -0.862. The molecule has 0 aliphatic rings. The average Bonchev–Trinajstić information content (AvgIpc) is 2.71. The Balaban J connectivity index is 2.33. The number of fused-ring (bicyclic) bond motifs is 3. The van der Waals surface area contributed by atoms with Crippen molar-refractivity contribution >= 4 is 35.2 Å². The van der Waals surface area contributed by atoms with Gasteiger partial charge >= 0.3 is 7.28 Å². The molecule has 0 amide bonds. The van der Waals surface area contributed by atoms with E-state index >= 15 is 0 Å². The lowest BCUT2D eigenvalue weighted by Crippen LogP contribution is -2.26. The molecule has 1 aromatic carbocycles. The molecule has 0 fully saturated rings. The van der Waals surface area contributed by atoms with Gasteiger partial charge in [0.15, 0.2) is 0 Å². The summed E-state index contributed by atoms with van der Waals surface area (Å²) in [5, 5.41) is 10.1. The highest BCUT2D eigenvalue weighted by atomic mass is 16.4. The Labute approximate surface area is 110 Å². The molecule has 3 aromatic rings. The van der Waals surface area contributed by atoms with Crippen LogP contribution in [0.25, 0.3) is 16.4 Å². The zero-order chi connectivity index (χ0) is 13.4. The first kappa shape index (κ1) is 11.8. The second-order valence-corrected chi connectivity index (χ2v) is 4.55. The van der Waals surface area contributed by atoms with Gasteiger partial charge in [0.05, 0.1) is 17.2 Å². The van der Waals surface area contributed by atoms with Crippen LogP contribution < -0.4 is 5.59 Å². The highest BCUT2D eigenvalue weighted by Gasteiger charge is 2.12. The van der Waals surface area contributed by atoms with E-state index in [1.807, 2.05) is 28.8 Å². The number of carboxylic acid groups (broad SMARTS) is 1. The lowest BCUT2D eigenvalue weighted by atomic mass is 9.75. The summed E-state index contributed by atoms with van der Waals surface area (Å²) in [6.45, 7) is 2.12. The smallest absolute Gasteiger partial charge is 0.318 e. The first-order valence-corrected chi connectivity index (χ1v) is 6.29. The van der Waals surface area contributed by atoms with E-state index in [1.165, 1.54) is 10.9 Å². The normalized spacial score (nSPS) is 11.0. The van der Waals surface area contributed by atoms with Gasteiger partial charge < -0.3 is 9.51 Å². The molecule has 0 radical (unpaired) electrons. The molecule has 4 nitrogen and oxygen atoms in total. The number of rotatable bonds is 3. The molecule has 19 heavy (non-hydrogen) atoms. The van der Waals surface area contributed by atoms with Crippen molar-refractivity contribution in [2.75, 3.05) is 0 Å². The van der Waals surface area contributed by atoms with Crippen molar-refractivity contribution < 1.29 is 9.90 Å². The van der Waals surface area contributed by atoms with Crippen LogP contribution in [0.15, 0.2) is 36.7 Å². The van der Waals surface area contributed by atoms with Crippen molar-refractivity contribution in [1.82, 2.24) is 9.38 Å². The summed E-state index contributed by atoms with van der Waals surface area (Å²) in [5.74, 6) is -0.862. The first-order valence-electron chi connectivity index (χ1n) is 6.29. The van der Waals surface area contributed by atoms with Gasteiger partial charge in [0.2, 0.25) is 0 Å². The number of nitrogens with zero attached hydrogens (tertiary/aromatic N) is 2. The third-order valence-corrected chi connectivity index (χ3v) is 3.37. The molecule has 2 aromatic heterocycles. The van der Waals surface area contributed by atoms with Gasteiger partial charge in [0.1, 0.15) is 0 Å². The van der Waals surface area contributed by atoms with Crippen molar-refractivity contribution in [3.63, 3.8) is 0 Å². The molecule has 0 unspecified atom stereocenters. The van der Waals surface area contributed by atoms with Gasteiger partial charge in [-0.3, -0.25) is 9.78 Å². The molecule has 3 rings (SSSR count). The second kappa shape index (κ2) is 4.42. The van der Waals surface area contributed by atoms with E-state index in [0.29, 0.717) is 5.59 Å². The van der Waals surface area contributed by atoms with Crippen LogP contribution >= 0.6 is 0 Å². The van der Waals surface area contributed by atoms with Crippen LogP contribution in [0.5, 0.6) is 0 Å². The monoisotopic (exact) mass is 252 g/mol. The van der Waals surface area contributed by atoms with E-state index in [0.717, 1.165) is 17.5 Å². The molecule has 0 saturated carbocycles. The Morgan fingerprint density at radius 2 is 2.16 bits per heavy atom. The van der Waals surface area contributed by atoms with Crippen LogP contribution in [0.4, 0.5) is 4.79 Å². The molecule has 5 heteroatoms. The van der Waals surface area contributed by atoms with Gasteiger partial charge in [-0.2, -0.15) is 0 Å². The van der Waals surface area contributed by atoms with Crippen LogP contribution in [0.2, 0.25) is 0 Å². The quantitative estimate of drug-likeness (QED) is 0.723. The number of aryl methyl sites for hydroxylation is 1. The summed E-state index contributed by atoms with van der Waals surface area (Å²) in [5.41, 5.74) is 3.98. The van der Waals surface area contributed by atoms with E-state index in [-0.39, 0.29) is 7.28 Å². The molecular formula is C14H13BN2O2. The number of hydrogen-bond donors (Lipinski definition) is 1. The summed E-state index contributed by atoms with van der Waals surface area (Å²) >= 11 is 0. The van der Waals surface area contributed by atoms with Crippen LogP contribution in [-0.2, 0) is 6.42 Å². The van der Waals surface area contributed by atoms with Gasteiger partial charge in [-0.15, -0.1) is 0 Å². The second-order valence-electron chi connectivity index (χ2n) is 4.55. The van der Waals surface area contributed by atoms with Crippen LogP contribution in [-0.4, -0.2) is 27.6 Å². The van der Waals surface area contributed by atoms with Crippen molar-refractivity contribution in [3.8, 4) is 0 Å². The molecule has 0 atom stereocenters. The fraction of sp³-hybridized carbons (Fsp3) is 0.143. The predicted molar refractivity (Wildman–Crippen MR) is 76.9 cm³/mol. The first-order chi connectivity index (χ1) is 9.20. The standard InChI is InChI=1S/C14H13BN2O2/c1-2-9-10-5-3-4-6-11(10)17-8-13(15-14(18)19)16-7-12(9)17/h3-8,15H,2H2,1H3,(H,18,19). The zero-order valence-corrected chi connectivity index (χ0v) is 10.6. The summed E-state index contributed by atoms with van der Waals surface area (Å²) < 4.78 is 2.04. The number of carbonyl (C=O) groups is 1. The Hall–Kier alpha value is -2.30. The largest absolute Gasteiger partial charge is 0.489 e. The van der Waals surface area contributed by atoms with Crippen molar-refractivity contribution in [1.29, 1.82) is 0 Å². The lowest BCUT2D eigenvalue weighted by molar-refractivity contribution is 0.220. The lowest BCUT2D eigenvalue weighted by Gasteiger charge is -2.00. The molecular weight excluding hydrogens is 239 g/mol. The molecule has 94 valence electrons. The maximum Gasteiger partial charge on any atom is 0.318 e. The van der Waals surface area contributed by atoms with Crippen LogP contribution in [0, 0.1) is 0 Å². The zero-order valence-electron chi connectivity index (χ0n) is 10.6. The van der Waals surface area contributed by atoms with Gasteiger partial charge in [0, 0.05) is 17.2 Å². The Morgan fingerprint density at radius 3 is 2.89 bits per heavy atom. The van der Waals surface area contributed by atoms with E-state index < -0.39 is 5.87 Å². The molecule has 1 N–H and O–H groups in total. The third kappa shape index (κ3) is 1.87. The van der Waals surface area contributed by atoms with Gasteiger partial charge in [-0.05, 0) is 18.1 Å². The Bertz CT molecular complexity index is 780. The van der Waals surface area contributed by atoms with Crippen LogP contribution in [0.3, 0.4) is 0 Å². The highest BCUT2D eigenvalue weighted by molar-refractivity contribution is 6.81. The molecule has 0 bridgehead atoms. The average molecular weight is 252 g/mol. The fourth-order valence-electron chi connectivity index (χ4n) is 2.58. The van der Waals surface area contributed by atoms with Crippen molar-refractivity contribution in [2.24, 2.45) is 0 Å².